The van der Waals surface area contributed by atoms with Crippen molar-refractivity contribution in [3.8, 4) is 17.1 Å². The molecule has 2 aromatic heterocycles. The second-order valence-electron chi connectivity index (χ2n) is 4.99. The van der Waals surface area contributed by atoms with Gasteiger partial charge in [-0.15, -0.1) is 0 Å². The SMILES string of the molecule is CCCCn1c(C)nc(-c2c(C)nn(C)c2OC)c1N. The highest BCUT2D eigenvalue weighted by Crippen LogP contribution is 2.35. The van der Waals surface area contributed by atoms with Crippen molar-refractivity contribution in [1.82, 2.24) is 19.3 Å². The molecule has 20 heavy (non-hydrogen) atoms. The van der Waals surface area contributed by atoms with Crippen LogP contribution in [0.4, 0.5) is 5.82 Å². The van der Waals surface area contributed by atoms with Crippen molar-refractivity contribution in [2.75, 3.05) is 12.8 Å². The minimum Gasteiger partial charge on any atom is -0.481 e. The first kappa shape index (κ1) is 14.4. The van der Waals surface area contributed by atoms with Crippen LogP contribution in [0.15, 0.2) is 0 Å². The number of hydrogen-bond acceptors (Lipinski definition) is 4. The molecule has 0 spiro atoms. The first-order valence-electron chi connectivity index (χ1n) is 6.91. The van der Waals surface area contributed by atoms with Crippen LogP contribution in [0.5, 0.6) is 5.88 Å². The van der Waals surface area contributed by atoms with Crippen molar-refractivity contribution in [3.63, 3.8) is 0 Å². The van der Waals surface area contributed by atoms with E-state index in [4.69, 9.17) is 10.5 Å². The van der Waals surface area contributed by atoms with Gasteiger partial charge in [-0.3, -0.25) is 0 Å². The van der Waals surface area contributed by atoms with Gasteiger partial charge in [0.15, 0.2) is 0 Å². The van der Waals surface area contributed by atoms with Gasteiger partial charge in [-0.1, -0.05) is 13.3 Å². The second-order valence-corrected chi connectivity index (χ2v) is 4.99. The van der Waals surface area contributed by atoms with E-state index >= 15 is 0 Å². The molecule has 0 radical (unpaired) electrons. The molecule has 6 heteroatoms. The number of nitrogens with zero attached hydrogens (tertiary/aromatic N) is 4. The van der Waals surface area contributed by atoms with Crippen molar-refractivity contribution in [2.24, 2.45) is 7.05 Å². The zero-order chi connectivity index (χ0) is 14.9. The minimum atomic E-state index is 0.686. The smallest absolute Gasteiger partial charge is 0.221 e. The Morgan fingerprint density at radius 2 is 2.00 bits per heavy atom. The molecule has 2 heterocycles. The van der Waals surface area contributed by atoms with Gasteiger partial charge in [0.2, 0.25) is 5.88 Å². The number of imidazole rings is 1. The molecule has 0 amide bonds. The molecule has 0 aliphatic carbocycles. The Morgan fingerprint density at radius 3 is 2.60 bits per heavy atom. The molecule has 6 nitrogen and oxygen atoms in total. The van der Waals surface area contributed by atoms with E-state index in [9.17, 15) is 0 Å². The van der Waals surface area contributed by atoms with Crippen molar-refractivity contribution >= 4 is 5.82 Å². The molecule has 0 aliphatic rings. The molecule has 110 valence electrons. The fourth-order valence-electron chi connectivity index (χ4n) is 2.51. The molecule has 0 aliphatic heterocycles. The summed E-state index contributed by atoms with van der Waals surface area (Å²) in [6, 6.07) is 0. The van der Waals surface area contributed by atoms with E-state index < -0.39 is 0 Å². The molecule has 0 atom stereocenters. The Kier molecular flexibility index (Phi) is 4.01. The van der Waals surface area contributed by atoms with Crippen molar-refractivity contribution in [2.45, 2.75) is 40.2 Å². The maximum absolute atomic E-state index is 6.29. The highest BCUT2D eigenvalue weighted by Gasteiger charge is 2.22. The molecule has 2 rings (SSSR count). The second kappa shape index (κ2) is 5.56. The van der Waals surface area contributed by atoms with Gasteiger partial charge in [0, 0.05) is 13.6 Å². The lowest BCUT2D eigenvalue weighted by molar-refractivity contribution is 0.374. The monoisotopic (exact) mass is 277 g/mol. The predicted molar refractivity (Wildman–Crippen MR) is 79.8 cm³/mol. The fraction of sp³-hybridized carbons (Fsp3) is 0.571. The Morgan fingerprint density at radius 1 is 1.30 bits per heavy atom. The largest absolute Gasteiger partial charge is 0.481 e. The molecule has 0 fully saturated rings. The summed E-state index contributed by atoms with van der Waals surface area (Å²) in [5.41, 5.74) is 8.80. The average Bonchev–Trinajstić information content (AvgIpc) is 2.84. The normalized spacial score (nSPS) is 11.1. The van der Waals surface area contributed by atoms with Gasteiger partial charge in [0.25, 0.3) is 0 Å². The molecular weight excluding hydrogens is 254 g/mol. The van der Waals surface area contributed by atoms with Crippen LogP contribution in [-0.4, -0.2) is 26.4 Å². The van der Waals surface area contributed by atoms with Crippen LogP contribution < -0.4 is 10.5 Å². The van der Waals surface area contributed by atoms with Crippen LogP contribution in [0.3, 0.4) is 0 Å². The van der Waals surface area contributed by atoms with Gasteiger partial charge in [0.05, 0.1) is 18.4 Å². The number of anilines is 1. The van der Waals surface area contributed by atoms with Gasteiger partial charge in [-0.2, -0.15) is 5.10 Å². The standard InChI is InChI=1S/C14H23N5O/c1-6-7-8-19-10(3)16-12(13(19)15)11-9(2)17-18(4)14(11)20-5/h6-8,15H2,1-5H3. The fourth-order valence-corrected chi connectivity index (χ4v) is 2.51. The number of aryl methyl sites for hydroxylation is 3. The lowest BCUT2D eigenvalue weighted by atomic mass is 10.2. The molecule has 0 saturated heterocycles. The van der Waals surface area contributed by atoms with Crippen LogP contribution in [-0.2, 0) is 13.6 Å². The first-order chi connectivity index (χ1) is 9.51. The molecule has 0 saturated carbocycles. The molecule has 0 unspecified atom stereocenters. The van der Waals surface area contributed by atoms with E-state index in [2.05, 4.69) is 21.6 Å². The molecule has 0 bridgehead atoms. The maximum atomic E-state index is 6.29. The molecule has 0 aromatic carbocycles. The summed E-state index contributed by atoms with van der Waals surface area (Å²) in [7, 11) is 3.49. The predicted octanol–water partition coefficient (Wildman–Crippen LogP) is 2.29. The lowest BCUT2D eigenvalue weighted by Gasteiger charge is -2.07. The average molecular weight is 277 g/mol. The third-order valence-electron chi connectivity index (χ3n) is 3.53. The van der Waals surface area contributed by atoms with E-state index in [0.717, 1.165) is 42.2 Å². The number of aromatic nitrogens is 4. The van der Waals surface area contributed by atoms with Crippen LogP contribution in [0.25, 0.3) is 11.3 Å². The summed E-state index contributed by atoms with van der Waals surface area (Å²) in [4.78, 5) is 4.62. The molecule has 2 aromatic rings. The van der Waals surface area contributed by atoms with E-state index in [-0.39, 0.29) is 0 Å². The third-order valence-corrected chi connectivity index (χ3v) is 3.53. The summed E-state index contributed by atoms with van der Waals surface area (Å²) in [6.45, 7) is 6.98. The van der Waals surface area contributed by atoms with Crippen LogP contribution >= 0.6 is 0 Å². The minimum absolute atomic E-state index is 0.686. The summed E-state index contributed by atoms with van der Waals surface area (Å²) >= 11 is 0. The number of hydrogen-bond donors (Lipinski definition) is 1. The summed E-state index contributed by atoms with van der Waals surface area (Å²) in [6.07, 6.45) is 2.21. The van der Waals surface area contributed by atoms with Crippen molar-refractivity contribution in [3.05, 3.63) is 11.5 Å². The zero-order valence-electron chi connectivity index (χ0n) is 12.9. The number of nitrogens with two attached hydrogens (primary N) is 1. The zero-order valence-corrected chi connectivity index (χ0v) is 12.9. The highest BCUT2D eigenvalue weighted by atomic mass is 16.5. The quantitative estimate of drug-likeness (QED) is 0.910. The van der Waals surface area contributed by atoms with Gasteiger partial charge in [0.1, 0.15) is 17.3 Å². The number of nitrogen functional groups attached to an aromatic ring is 1. The third kappa shape index (κ3) is 2.26. The van der Waals surface area contributed by atoms with Crippen LogP contribution in [0.2, 0.25) is 0 Å². The van der Waals surface area contributed by atoms with Crippen molar-refractivity contribution < 1.29 is 4.74 Å². The molecular formula is C14H23N5O. The summed E-state index contributed by atoms with van der Waals surface area (Å²) in [5.74, 6) is 2.30. The Balaban J connectivity index is 2.54. The van der Waals surface area contributed by atoms with Crippen LogP contribution in [0, 0.1) is 13.8 Å². The number of rotatable bonds is 5. The van der Waals surface area contributed by atoms with Gasteiger partial charge in [-0.25, -0.2) is 9.67 Å². The topological polar surface area (TPSA) is 70.9 Å². The van der Waals surface area contributed by atoms with E-state index in [1.807, 2.05) is 20.9 Å². The lowest BCUT2D eigenvalue weighted by Crippen LogP contribution is -2.05. The Hall–Kier alpha value is -1.98. The van der Waals surface area contributed by atoms with Gasteiger partial charge in [-0.05, 0) is 20.3 Å². The van der Waals surface area contributed by atoms with E-state index in [1.54, 1.807) is 11.8 Å². The number of methoxy groups -OCH3 is 1. The van der Waals surface area contributed by atoms with Gasteiger partial charge >= 0.3 is 0 Å². The maximum Gasteiger partial charge on any atom is 0.221 e. The van der Waals surface area contributed by atoms with E-state index in [0.29, 0.717) is 11.7 Å². The molecule has 2 N–H and O–H groups in total. The number of ether oxygens (including phenoxy) is 1. The Labute approximate surface area is 119 Å². The van der Waals surface area contributed by atoms with Gasteiger partial charge < -0.3 is 15.0 Å². The Bertz CT molecular complexity index is 612. The van der Waals surface area contributed by atoms with Crippen LogP contribution in [0.1, 0.15) is 31.3 Å². The first-order valence-corrected chi connectivity index (χ1v) is 6.91. The highest BCUT2D eigenvalue weighted by molar-refractivity contribution is 5.77. The van der Waals surface area contributed by atoms with E-state index in [1.165, 1.54) is 0 Å². The number of unbranched alkanes of at least 4 members (excludes halogenated alkanes) is 1. The summed E-state index contributed by atoms with van der Waals surface area (Å²) in [5, 5.41) is 4.39. The summed E-state index contributed by atoms with van der Waals surface area (Å²) < 4.78 is 9.21. The van der Waals surface area contributed by atoms with Crippen molar-refractivity contribution in [1.29, 1.82) is 0 Å².